The molecule has 2 heterocycles. The van der Waals surface area contributed by atoms with Gasteiger partial charge >= 0.3 is 11.6 Å². The lowest BCUT2D eigenvalue weighted by Gasteiger charge is -2.36. The van der Waals surface area contributed by atoms with E-state index in [4.69, 9.17) is 14.2 Å². The molecule has 2 saturated heterocycles. The minimum Gasteiger partial charge on any atom is -0.475 e. The van der Waals surface area contributed by atoms with Gasteiger partial charge in [-0.2, -0.15) is 0 Å². The molecule has 1 aliphatic carbocycles. The molecule has 2 aliphatic heterocycles. The number of rotatable bonds is 5. The van der Waals surface area contributed by atoms with E-state index < -0.39 is 5.79 Å². The van der Waals surface area contributed by atoms with Crippen LogP contribution >= 0.6 is 0 Å². The molecule has 1 N–H and O–H groups in total. The fourth-order valence-electron chi connectivity index (χ4n) is 5.53. The lowest BCUT2D eigenvalue weighted by atomic mass is 9.75. The number of anilines is 1. The maximum atomic E-state index is 10.9. The highest BCUT2D eigenvalue weighted by atomic mass is 16.8. The second-order valence-corrected chi connectivity index (χ2v) is 10.4. The maximum Gasteiger partial charge on any atom is 0.473 e. The van der Waals surface area contributed by atoms with Crippen LogP contribution in [0, 0.1) is 23.1 Å². The van der Waals surface area contributed by atoms with Crippen LogP contribution in [0.5, 0.6) is 0 Å². The van der Waals surface area contributed by atoms with Crippen LogP contribution in [0.4, 0.5) is 5.69 Å². The Balaban J connectivity index is 1.58. The Labute approximate surface area is 191 Å². The van der Waals surface area contributed by atoms with Crippen LogP contribution in [0.25, 0.3) is 10.7 Å². The Morgan fingerprint density at radius 3 is 2.47 bits per heavy atom. The van der Waals surface area contributed by atoms with Crippen LogP contribution in [0.15, 0.2) is 30.2 Å². The predicted molar refractivity (Wildman–Crippen MR) is 123 cm³/mol. The van der Waals surface area contributed by atoms with Crippen molar-refractivity contribution in [3.8, 4) is 0 Å². The lowest BCUT2D eigenvalue weighted by Crippen LogP contribution is -2.34. The molecule has 0 spiro atoms. The molecule has 1 saturated carbocycles. The largest absolute Gasteiger partial charge is 0.475 e. The third-order valence-electron chi connectivity index (χ3n) is 7.11. The molecular formula is C25H36N3O4+. The fourth-order valence-corrected chi connectivity index (χ4v) is 5.53. The van der Waals surface area contributed by atoms with Crippen molar-refractivity contribution in [3.05, 3.63) is 40.8 Å². The van der Waals surface area contributed by atoms with Crippen LogP contribution in [0.1, 0.15) is 59.4 Å². The van der Waals surface area contributed by atoms with Gasteiger partial charge < -0.3 is 24.2 Å². The Bertz CT molecular complexity index is 891. The second-order valence-electron chi connectivity index (χ2n) is 10.4. The Kier molecular flexibility index (Phi) is 6.37. The highest BCUT2D eigenvalue weighted by molar-refractivity contribution is 5.80. The number of aliphatic hydroxyl groups is 1. The minimum absolute atomic E-state index is 0.0167. The number of nitrogens with zero attached hydrogens (tertiary/aromatic N) is 3. The van der Waals surface area contributed by atoms with Gasteiger partial charge in [-0.1, -0.05) is 39.3 Å². The van der Waals surface area contributed by atoms with Crippen LogP contribution in [0.2, 0.25) is 0 Å². The van der Waals surface area contributed by atoms with Crippen LogP contribution in [0.3, 0.4) is 0 Å². The number of benzene rings is 1. The van der Waals surface area contributed by atoms with Gasteiger partial charge in [-0.25, -0.2) is 0 Å². The summed E-state index contributed by atoms with van der Waals surface area (Å²) < 4.78 is 18.1. The monoisotopic (exact) mass is 442 g/mol. The smallest absolute Gasteiger partial charge is 0.473 e. The SMILES string of the molecule is CC(C)[C@@H]1CC[C@@H](C)C[C@H]1O/C(O)=C(\[N+]#N)c1ccccc1N1C[C@@H]2OC(C)(C)O[C@@H]2C1. The third-order valence-corrected chi connectivity index (χ3v) is 7.11. The van der Waals surface area contributed by atoms with Crippen LogP contribution in [-0.2, 0) is 14.2 Å². The molecule has 3 fully saturated rings. The van der Waals surface area contributed by atoms with E-state index in [0.717, 1.165) is 18.5 Å². The maximum absolute atomic E-state index is 10.9. The van der Waals surface area contributed by atoms with Crippen molar-refractivity contribution < 1.29 is 19.3 Å². The van der Waals surface area contributed by atoms with Crippen molar-refractivity contribution in [3.63, 3.8) is 0 Å². The zero-order valence-electron chi connectivity index (χ0n) is 19.8. The molecule has 1 aromatic rings. The average molecular weight is 443 g/mol. The van der Waals surface area contributed by atoms with Gasteiger partial charge in [0.05, 0.1) is 5.69 Å². The first-order chi connectivity index (χ1) is 15.2. The normalized spacial score (nSPS) is 32.4. The molecule has 3 aliphatic rings. The Morgan fingerprint density at radius 1 is 1.19 bits per heavy atom. The number of fused-ring (bicyclic) bond motifs is 1. The van der Waals surface area contributed by atoms with Gasteiger partial charge in [0.25, 0.3) is 0 Å². The van der Waals surface area contributed by atoms with Gasteiger partial charge in [-0.15, -0.1) is 0 Å². The standard InChI is InChI=1S/C25H35N3O4/c1-15(2)17-11-10-16(3)12-20(17)30-24(29)23(27-26)18-8-6-7-9-19(18)28-13-21-22(14-28)32-25(4,5)31-21/h6-9,15-17,20-22H,10-14H2,1-5H3/p+1/b24-23-/t16-,17+,20-,21-,22+/m1/s1. The summed E-state index contributed by atoms with van der Waals surface area (Å²) in [4.78, 5) is 5.61. The zero-order chi connectivity index (χ0) is 23.0. The van der Waals surface area contributed by atoms with Crippen molar-refractivity contribution in [1.29, 1.82) is 5.39 Å². The third kappa shape index (κ3) is 4.57. The Morgan fingerprint density at radius 2 is 1.84 bits per heavy atom. The second kappa shape index (κ2) is 8.92. The van der Waals surface area contributed by atoms with E-state index in [0.29, 0.717) is 36.4 Å². The molecule has 0 unspecified atom stereocenters. The van der Waals surface area contributed by atoms with E-state index in [-0.39, 0.29) is 30.0 Å². The van der Waals surface area contributed by atoms with Crippen molar-refractivity contribution in [2.45, 2.75) is 78.0 Å². The van der Waals surface area contributed by atoms with Gasteiger partial charge in [0, 0.05) is 13.1 Å². The number of aliphatic hydroxyl groups excluding tert-OH is 1. The summed E-state index contributed by atoms with van der Waals surface area (Å²) in [5.74, 6) is 0.466. The summed E-state index contributed by atoms with van der Waals surface area (Å²) in [6, 6.07) is 7.60. The summed E-state index contributed by atoms with van der Waals surface area (Å²) in [6.45, 7) is 11.8. The molecule has 1 aromatic carbocycles. The molecule has 4 rings (SSSR count). The number of hydrogen-bond donors (Lipinski definition) is 1. The van der Waals surface area contributed by atoms with E-state index in [1.165, 1.54) is 6.42 Å². The quantitative estimate of drug-likeness (QED) is 0.476. The average Bonchev–Trinajstić information content (AvgIpc) is 3.22. The summed E-state index contributed by atoms with van der Waals surface area (Å²) in [7, 11) is 0. The first kappa shape index (κ1) is 22.9. The molecule has 5 atom stereocenters. The van der Waals surface area contributed by atoms with Crippen molar-refractivity contribution >= 4 is 11.4 Å². The minimum atomic E-state index is -0.567. The van der Waals surface area contributed by atoms with E-state index in [1.807, 2.05) is 38.1 Å². The van der Waals surface area contributed by atoms with E-state index in [9.17, 15) is 10.5 Å². The van der Waals surface area contributed by atoms with Crippen molar-refractivity contribution in [1.82, 2.24) is 0 Å². The summed E-state index contributed by atoms with van der Waals surface area (Å²) in [6.07, 6.45) is 3.00. The van der Waals surface area contributed by atoms with Gasteiger partial charge in [0.15, 0.2) is 10.8 Å². The lowest BCUT2D eigenvalue weighted by molar-refractivity contribution is -0.147. The zero-order valence-corrected chi connectivity index (χ0v) is 19.8. The predicted octanol–water partition coefficient (Wildman–Crippen LogP) is 5.54. The van der Waals surface area contributed by atoms with Crippen LogP contribution < -0.4 is 4.90 Å². The first-order valence-corrected chi connectivity index (χ1v) is 11.8. The first-order valence-electron chi connectivity index (χ1n) is 11.8. The summed E-state index contributed by atoms with van der Waals surface area (Å²) in [5, 5.41) is 20.8. The molecule has 174 valence electrons. The number of ether oxygens (including phenoxy) is 3. The highest BCUT2D eigenvalue weighted by Gasteiger charge is 2.47. The summed E-state index contributed by atoms with van der Waals surface area (Å²) >= 11 is 0. The molecule has 0 amide bonds. The highest BCUT2D eigenvalue weighted by Crippen LogP contribution is 2.40. The van der Waals surface area contributed by atoms with E-state index >= 15 is 0 Å². The fraction of sp³-hybridized carbons (Fsp3) is 0.680. The molecule has 0 aromatic heterocycles. The van der Waals surface area contributed by atoms with Crippen LogP contribution in [-0.4, -0.2) is 42.3 Å². The molecule has 7 nitrogen and oxygen atoms in total. The number of diazo groups is 1. The molecular weight excluding hydrogens is 406 g/mol. The van der Waals surface area contributed by atoms with Crippen molar-refractivity contribution in [2.75, 3.05) is 18.0 Å². The topological polar surface area (TPSA) is 79.3 Å². The van der Waals surface area contributed by atoms with Gasteiger partial charge in [-0.05, 0) is 56.6 Å². The molecule has 32 heavy (non-hydrogen) atoms. The van der Waals surface area contributed by atoms with E-state index in [1.54, 1.807) is 0 Å². The number of hydrogen-bond acceptors (Lipinski definition) is 6. The molecule has 0 radical (unpaired) electrons. The summed E-state index contributed by atoms with van der Waals surface area (Å²) in [5.41, 5.74) is 1.53. The molecule has 0 bridgehead atoms. The van der Waals surface area contributed by atoms with Gasteiger partial charge in [0.1, 0.15) is 23.9 Å². The van der Waals surface area contributed by atoms with Crippen molar-refractivity contribution in [2.24, 2.45) is 17.8 Å². The Hall–Kier alpha value is -2.30. The molecule has 7 heteroatoms. The van der Waals surface area contributed by atoms with E-state index in [2.05, 4.69) is 30.6 Å². The number of para-hydroxylation sites is 1. The van der Waals surface area contributed by atoms with Gasteiger partial charge in [0.2, 0.25) is 5.39 Å². The van der Waals surface area contributed by atoms with Gasteiger partial charge in [-0.3, -0.25) is 0 Å².